The van der Waals surface area contributed by atoms with Crippen molar-refractivity contribution in [2.45, 2.75) is 51.5 Å². The molecule has 6 nitrogen and oxygen atoms in total. The molecule has 2 N–H and O–H groups in total. The maximum atomic E-state index is 11.7. The summed E-state index contributed by atoms with van der Waals surface area (Å²) in [6, 6.07) is 0. The summed E-state index contributed by atoms with van der Waals surface area (Å²) in [6.45, 7) is 4.47. The van der Waals surface area contributed by atoms with Crippen LogP contribution >= 0.6 is 0 Å². The fourth-order valence-corrected chi connectivity index (χ4v) is 2.20. The van der Waals surface area contributed by atoms with Gasteiger partial charge in [0.1, 0.15) is 0 Å². The number of likely N-dealkylation sites (tertiary alicyclic amines) is 1. The van der Waals surface area contributed by atoms with Gasteiger partial charge in [0.15, 0.2) is 0 Å². The van der Waals surface area contributed by atoms with Crippen molar-refractivity contribution in [1.82, 2.24) is 10.2 Å². The van der Waals surface area contributed by atoms with Gasteiger partial charge in [0.2, 0.25) is 11.8 Å². The molecule has 0 spiro atoms. The number of piperidine rings is 1. The molecular formula is C13H22N2O4. The number of carboxylic acid groups (broad SMARTS) is 1. The molecule has 1 aliphatic heterocycles. The number of carbonyl (C=O) groups excluding carboxylic acids is 2. The molecule has 0 aliphatic carbocycles. The average molecular weight is 270 g/mol. The van der Waals surface area contributed by atoms with E-state index in [1.807, 2.05) is 0 Å². The molecule has 19 heavy (non-hydrogen) atoms. The second-order valence-corrected chi connectivity index (χ2v) is 5.59. The lowest BCUT2D eigenvalue weighted by Gasteiger charge is -2.28. The maximum Gasteiger partial charge on any atom is 0.305 e. The fourth-order valence-electron chi connectivity index (χ4n) is 2.20. The van der Waals surface area contributed by atoms with E-state index in [0.29, 0.717) is 19.5 Å². The highest BCUT2D eigenvalue weighted by molar-refractivity contribution is 5.80. The first-order valence-electron chi connectivity index (χ1n) is 6.61. The number of nitrogens with one attached hydrogen (secondary N) is 1. The number of carbonyl (C=O) groups is 3. The van der Waals surface area contributed by atoms with Gasteiger partial charge in [0.05, 0.1) is 6.42 Å². The van der Waals surface area contributed by atoms with Crippen molar-refractivity contribution in [3.8, 4) is 0 Å². The van der Waals surface area contributed by atoms with E-state index in [-0.39, 0.29) is 24.7 Å². The molecule has 1 fully saturated rings. The second kappa shape index (κ2) is 6.54. The molecule has 1 aliphatic rings. The number of rotatable bonds is 6. The Morgan fingerprint density at radius 3 is 2.63 bits per heavy atom. The van der Waals surface area contributed by atoms with Crippen LogP contribution in [0.15, 0.2) is 0 Å². The van der Waals surface area contributed by atoms with Crippen molar-refractivity contribution in [2.75, 3.05) is 13.1 Å². The summed E-state index contributed by atoms with van der Waals surface area (Å²) in [4.78, 5) is 35.6. The smallest absolute Gasteiger partial charge is 0.305 e. The molecule has 0 aromatic carbocycles. The Morgan fingerprint density at radius 2 is 2.05 bits per heavy atom. The standard InChI is InChI=1S/C13H22N2O4/c1-13(2,9-12(18)19)14-10(16)6-8-15-7-4-3-5-11(15)17/h3-9H2,1-2H3,(H,14,16)(H,18,19). The zero-order valence-corrected chi connectivity index (χ0v) is 11.6. The third kappa shape index (κ3) is 5.72. The molecular weight excluding hydrogens is 248 g/mol. The van der Waals surface area contributed by atoms with Gasteiger partial charge in [-0.25, -0.2) is 0 Å². The number of hydrogen-bond acceptors (Lipinski definition) is 3. The maximum absolute atomic E-state index is 11.7. The molecule has 1 rings (SSSR count). The lowest BCUT2D eigenvalue weighted by molar-refractivity contribution is -0.138. The summed E-state index contributed by atoms with van der Waals surface area (Å²) in [6.07, 6.45) is 2.56. The molecule has 0 aromatic heterocycles. The van der Waals surface area contributed by atoms with Gasteiger partial charge in [-0.1, -0.05) is 0 Å². The highest BCUT2D eigenvalue weighted by Gasteiger charge is 2.24. The van der Waals surface area contributed by atoms with Gasteiger partial charge in [-0.2, -0.15) is 0 Å². The highest BCUT2D eigenvalue weighted by atomic mass is 16.4. The van der Waals surface area contributed by atoms with E-state index in [2.05, 4.69) is 5.32 Å². The lowest BCUT2D eigenvalue weighted by Crippen LogP contribution is -2.46. The summed E-state index contributed by atoms with van der Waals surface area (Å²) in [5.41, 5.74) is -0.769. The quantitative estimate of drug-likeness (QED) is 0.746. The topological polar surface area (TPSA) is 86.7 Å². The Morgan fingerprint density at radius 1 is 1.37 bits per heavy atom. The van der Waals surface area contributed by atoms with Crippen LogP contribution in [0, 0.1) is 0 Å². The lowest BCUT2D eigenvalue weighted by atomic mass is 10.0. The molecule has 1 saturated heterocycles. The van der Waals surface area contributed by atoms with Gasteiger partial charge >= 0.3 is 5.97 Å². The average Bonchev–Trinajstić information content (AvgIpc) is 2.25. The molecule has 0 saturated carbocycles. The molecule has 2 amide bonds. The van der Waals surface area contributed by atoms with E-state index in [4.69, 9.17) is 5.11 Å². The van der Waals surface area contributed by atoms with Crippen molar-refractivity contribution in [1.29, 1.82) is 0 Å². The number of carboxylic acids is 1. The predicted molar refractivity (Wildman–Crippen MR) is 69.5 cm³/mol. The number of amides is 2. The molecule has 0 aromatic rings. The van der Waals surface area contributed by atoms with Crippen LogP contribution in [-0.2, 0) is 14.4 Å². The molecule has 1 heterocycles. The van der Waals surface area contributed by atoms with Gasteiger partial charge in [0, 0.05) is 31.5 Å². The summed E-state index contributed by atoms with van der Waals surface area (Å²) < 4.78 is 0. The Hall–Kier alpha value is -1.59. The van der Waals surface area contributed by atoms with Gasteiger partial charge in [0.25, 0.3) is 0 Å². The summed E-state index contributed by atoms with van der Waals surface area (Å²) >= 11 is 0. The minimum Gasteiger partial charge on any atom is -0.481 e. The van der Waals surface area contributed by atoms with Gasteiger partial charge < -0.3 is 15.3 Å². The Labute approximate surface area is 113 Å². The largest absolute Gasteiger partial charge is 0.481 e. The van der Waals surface area contributed by atoms with E-state index < -0.39 is 11.5 Å². The number of aliphatic carboxylic acids is 1. The second-order valence-electron chi connectivity index (χ2n) is 5.59. The fraction of sp³-hybridized carbons (Fsp3) is 0.769. The van der Waals surface area contributed by atoms with E-state index in [1.54, 1.807) is 18.7 Å². The zero-order chi connectivity index (χ0) is 14.5. The van der Waals surface area contributed by atoms with Crippen molar-refractivity contribution < 1.29 is 19.5 Å². The Kier molecular flexibility index (Phi) is 5.32. The molecule has 0 bridgehead atoms. The molecule has 0 radical (unpaired) electrons. The van der Waals surface area contributed by atoms with E-state index in [1.165, 1.54) is 0 Å². The molecule has 0 unspecified atom stereocenters. The molecule has 6 heteroatoms. The SMILES string of the molecule is CC(C)(CC(=O)O)NC(=O)CCN1CCCCC1=O. The number of hydrogen-bond donors (Lipinski definition) is 2. The van der Waals surface area contributed by atoms with Gasteiger partial charge in [-0.05, 0) is 26.7 Å². The zero-order valence-electron chi connectivity index (χ0n) is 11.6. The minimum absolute atomic E-state index is 0.101. The monoisotopic (exact) mass is 270 g/mol. The first kappa shape index (κ1) is 15.5. The van der Waals surface area contributed by atoms with Crippen LogP contribution in [0.25, 0.3) is 0 Å². The van der Waals surface area contributed by atoms with E-state index in [0.717, 1.165) is 12.8 Å². The van der Waals surface area contributed by atoms with Crippen molar-refractivity contribution in [3.05, 3.63) is 0 Å². The van der Waals surface area contributed by atoms with Crippen molar-refractivity contribution in [3.63, 3.8) is 0 Å². The Bertz CT molecular complexity index is 366. The highest BCUT2D eigenvalue weighted by Crippen LogP contribution is 2.12. The van der Waals surface area contributed by atoms with Crippen molar-refractivity contribution in [2.24, 2.45) is 0 Å². The summed E-state index contributed by atoms with van der Waals surface area (Å²) in [5, 5.41) is 11.4. The molecule has 108 valence electrons. The minimum atomic E-state index is -0.948. The Balaban J connectivity index is 2.34. The van der Waals surface area contributed by atoms with Gasteiger partial charge in [-0.15, -0.1) is 0 Å². The summed E-state index contributed by atoms with van der Waals surface area (Å²) in [7, 11) is 0. The van der Waals surface area contributed by atoms with Gasteiger partial charge in [-0.3, -0.25) is 14.4 Å². The van der Waals surface area contributed by atoms with Crippen LogP contribution in [0.2, 0.25) is 0 Å². The van der Waals surface area contributed by atoms with Crippen LogP contribution in [0.4, 0.5) is 0 Å². The normalized spacial score (nSPS) is 16.3. The first-order chi connectivity index (χ1) is 8.80. The number of nitrogens with zero attached hydrogens (tertiary/aromatic N) is 1. The van der Waals surface area contributed by atoms with Crippen molar-refractivity contribution >= 4 is 17.8 Å². The van der Waals surface area contributed by atoms with E-state index >= 15 is 0 Å². The third-order valence-corrected chi connectivity index (χ3v) is 3.10. The predicted octanol–water partition coefficient (Wildman–Crippen LogP) is 0.758. The van der Waals surface area contributed by atoms with E-state index in [9.17, 15) is 14.4 Å². The summed E-state index contributed by atoms with van der Waals surface area (Å²) in [5.74, 6) is -1.06. The van der Waals surface area contributed by atoms with Crippen LogP contribution in [0.1, 0.15) is 46.0 Å². The van der Waals surface area contributed by atoms with Crippen LogP contribution in [0.5, 0.6) is 0 Å². The van der Waals surface area contributed by atoms with Crippen LogP contribution in [0.3, 0.4) is 0 Å². The third-order valence-electron chi connectivity index (χ3n) is 3.10. The molecule has 0 atom stereocenters. The van der Waals surface area contributed by atoms with Crippen LogP contribution < -0.4 is 5.32 Å². The first-order valence-corrected chi connectivity index (χ1v) is 6.61. The van der Waals surface area contributed by atoms with Crippen LogP contribution in [-0.4, -0.2) is 46.4 Å².